The van der Waals surface area contributed by atoms with Crippen LogP contribution in [0.1, 0.15) is 15.9 Å². The van der Waals surface area contributed by atoms with Gasteiger partial charge in [0.15, 0.2) is 0 Å². The fourth-order valence-electron chi connectivity index (χ4n) is 1.63. The number of carboxylic acid groups (broad SMARTS) is 1. The second-order valence-corrected chi connectivity index (χ2v) is 5.92. The van der Waals surface area contributed by atoms with Crippen molar-refractivity contribution < 1.29 is 18.5 Å². The van der Waals surface area contributed by atoms with Gasteiger partial charge in [-0.25, -0.2) is 9.18 Å². The zero-order chi connectivity index (χ0) is 14.7. The summed E-state index contributed by atoms with van der Waals surface area (Å²) in [6.45, 7) is 0. The number of carboxylic acids is 1. The second kappa shape index (κ2) is 6.15. The molecule has 0 saturated heterocycles. The highest BCUT2D eigenvalue weighted by Crippen LogP contribution is 2.21. The third-order valence-corrected chi connectivity index (χ3v) is 4.35. The van der Waals surface area contributed by atoms with Crippen LogP contribution in [0.3, 0.4) is 0 Å². The average Bonchev–Trinajstić information content (AvgIpc) is 2.41. The van der Waals surface area contributed by atoms with E-state index in [9.17, 15) is 13.4 Å². The monoisotopic (exact) mass is 312 g/mol. The Morgan fingerprint density at radius 1 is 1.20 bits per heavy atom. The maximum Gasteiger partial charge on any atom is 0.337 e. The first-order valence-electron chi connectivity index (χ1n) is 5.63. The van der Waals surface area contributed by atoms with Gasteiger partial charge in [0.2, 0.25) is 0 Å². The van der Waals surface area contributed by atoms with Gasteiger partial charge in [0.05, 0.1) is 27.1 Å². The predicted molar refractivity (Wildman–Crippen MR) is 74.9 cm³/mol. The molecule has 0 heterocycles. The number of rotatable bonds is 4. The highest BCUT2D eigenvalue weighted by atomic mass is 35.5. The molecule has 0 aliphatic rings. The molecule has 0 saturated carbocycles. The van der Waals surface area contributed by atoms with E-state index < -0.39 is 16.8 Å². The highest BCUT2D eigenvalue weighted by Gasteiger charge is 2.13. The van der Waals surface area contributed by atoms with Crippen LogP contribution in [0.5, 0.6) is 0 Å². The summed E-state index contributed by atoms with van der Waals surface area (Å²) in [6, 6.07) is 9.89. The maximum absolute atomic E-state index is 12.8. The summed E-state index contributed by atoms with van der Waals surface area (Å²) in [5, 5.41) is 9.06. The first-order chi connectivity index (χ1) is 9.47. The fraction of sp³-hybridized carbons (Fsp3) is 0.0714. The third kappa shape index (κ3) is 3.43. The average molecular weight is 313 g/mol. The normalized spacial score (nSPS) is 12.1. The number of hydrogen-bond acceptors (Lipinski definition) is 2. The van der Waals surface area contributed by atoms with Crippen LogP contribution in [0.2, 0.25) is 5.02 Å². The SMILES string of the molecule is O=C(O)c1cc(S(=O)Cc2ccc(F)cc2)ccc1Cl. The molecule has 20 heavy (non-hydrogen) atoms. The zero-order valence-corrected chi connectivity index (χ0v) is 11.7. The minimum absolute atomic E-state index is 0.0865. The van der Waals surface area contributed by atoms with Crippen LogP contribution in [-0.4, -0.2) is 15.3 Å². The predicted octanol–water partition coefficient (Wildman–Crippen LogP) is 3.49. The van der Waals surface area contributed by atoms with Crippen LogP contribution in [0, 0.1) is 5.82 Å². The van der Waals surface area contributed by atoms with Gasteiger partial charge in [0.1, 0.15) is 5.82 Å². The van der Waals surface area contributed by atoms with E-state index in [2.05, 4.69) is 0 Å². The molecule has 0 bridgehead atoms. The maximum atomic E-state index is 12.8. The second-order valence-electron chi connectivity index (χ2n) is 4.06. The molecule has 1 unspecified atom stereocenters. The van der Waals surface area contributed by atoms with Gasteiger partial charge in [-0.1, -0.05) is 23.7 Å². The van der Waals surface area contributed by atoms with Crippen LogP contribution in [0.15, 0.2) is 47.4 Å². The summed E-state index contributed by atoms with van der Waals surface area (Å²) in [6.07, 6.45) is 0. The Kier molecular flexibility index (Phi) is 4.52. The summed E-state index contributed by atoms with van der Waals surface area (Å²) in [7, 11) is -1.42. The molecule has 3 nitrogen and oxygen atoms in total. The molecule has 1 atom stereocenters. The molecule has 0 fully saturated rings. The minimum Gasteiger partial charge on any atom is -0.478 e. The Bertz CT molecular complexity index is 671. The minimum atomic E-state index is -1.42. The van der Waals surface area contributed by atoms with E-state index in [1.807, 2.05) is 0 Å². The van der Waals surface area contributed by atoms with E-state index in [1.54, 1.807) is 12.1 Å². The molecule has 2 aromatic rings. The number of aromatic carboxylic acids is 1. The number of carbonyl (C=O) groups is 1. The van der Waals surface area contributed by atoms with Crippen molar-refractivity contribution in [2.75, 3.05) is 0 Å². The van der Waals surface area contributed by atoms with E-state index in [-0.39, 0.29) is 22.2 Å². The Morgan fingerprint density at radius 2 is 1.85 bits per heavy atom. The first-order valence-corrected chi connectivity index (χ1v) is 7.33. The van der Waals surface area contributed by atoms with Crippen molar-refractivity contribution in [1.82, 2.24) is 0 Å². The molecule has 2 rings (SSSR count). The van der Waals surface area contributed by atoms with Crippen LogP contribution < -0.4 is 0 Å². The Hall–Kier alpha value is -1.72. The van der Waals surface area contributed by atoms with Crippen molar-refractivity contribution >= 4 is 28.4 Å². The standard InChI is InChI=1S/C14H10ClFO3S/c15-13-6-5-11(7-12(13)14(17)18)20(19)8-9-1-3-10(16)4-2-9/h1-7H,8H2,(H,17,18). The molecular formula is C14H10ClFO3S. The van der Waals surface area contributed by atoms with Crippen LogP contribution in [-0.2, 0) is 16.6 Å². The lowest BCUT2D eigenvalue weighted by Gasteiger charge is -2.05. The Morgan fingerprint density at radius 3 is 2.45 bits per heavy atom. The summed E-state index contributed by atoms with van der Waals surface area (Å²) < 4.78 is 24.9. The van der Waals surface area contributed by atoms with E-state index in [1.165, 1.54) is 30.3 Å². The molecule has 0 radical (unpaired) electrons. The van der Waals surface area contributed by atoms with Gasteiger partial charge in [-0.2, -0.15) is 0 Å². The summed E-state index contributed by atoms with van der Waals surface area (Å²) >= 11 is 5.75. The van der Waals surface area contributed by atoms with Crippen molar-refractivity contribution in [1.29, 1.82) is 0 Å². The Balaban J connectivity index is 2.23. The van der Waals surface area contributed by atoms with E-state index in [0.717, 1.165) is 0 Å². The lowest BCUT2D eigenvalue weighted by Crippen LogP contribution is -2.02. The quantitative estimate of drug-likeness (QED) is 0.940. The molecule has 104 valence electrons. The molecular weight excluding hydrogens is 303 g/mol. The number of hydrogen-bond donors (Lipinski definition) is 1. The van der Waals surface area contributed by atoms with Gasteiger partial charge >= 0.3 is 5.97 Å². The van der Waals surface area contributed by atoms with Crippen molar-refractivity contribution in [3.8, 4) is 0 Å². The van der Waals surface area contributed by atoms with Gasteiger partial charge in [-0.15, -0.1) is 0 Å². The Labute approximate surface area is 122 Å². The summed E-state index contributed by atoms with van der Waals surface area (Å²) in [5.41, 5.74) is 0.619. The van der Waals surface area contributed by atoms with Gasteiger partial charge in [0.25, 0.3) is 0 Å². The molecule has 0 aromatic heterocycles. The van der Waals surface area contributed by atoms with Crippen LogP contribution in [0.4, 0.5) is 4.39 Å². The first kappa shape index (κ1) is 14.7. The number of benzene rings is 2. The molecule has 0 aliphatic carbocycles. The lowest BCUT2D eigenvalue weighted by atomic mass is 10.2. The third-order valence-electron chi connectivity index (χ3n) is 2.64. The molecule has 6 heteroatoms. The van der Waals surface area contributed by atoms with Crippen molar-refractivity contribution in [2.45, 2.75) is 10.6 Å². The van der Waals surface area contributed by atoms with Gasteiger partial charge in [0, 0.05) is 4.90 Å². The topological polar surface area (TPSA) is 54.4 Å². The molecule has 0 amide bonds. The smallest absolute Gasteiger partial charge is 0.337 e. The van der Waals surface area contributed by atoms with Crippen molar-refractivity contribution in [3.63, 3.8) is 0 Å². The summed E-state index contributed by atoms with van der Waals surface area (Å²) in [5.74, 6) is -1.35. The van der Waals surface area contributed by atoms with Crippen LogP contribution in [0.25, 0.3) is 0 Å². The van der Waals surface area contributed by atoms with Crippen molar-refractivity contribution in [3.05, 3.63) is 64.4 Å². The van der Waals surface area contributed by atoms with Gasteiger partial charge < -0.3 is 5.11 Å². The van der Waals surface area contributed by atoms with E-state index in [0.29, 0.717) is 10.5 Å². The van der Waals surface area contributed by atoms with Crippen LogP contribution >= 0.6 is 11.6 Å². The van der Waals surface area contributed by atoms with Crippen molar-refractivity contribution in [2.24, 2.45) is 0 Å². The lowest BCUT2D eigenvalue weighted by molar-refractivity contribution is 0.0697. The van der Waals surface area contributed by atoms with Gasteiger partial charge in [-0.05, 0) is 35.9 Å². The van der Waals surface area contributed by atoms with E-state index in [4.69, 9.17) is 16.7 Å². The fourth-order valence-corrected chi connectivity index (χ4v) is 2.95. The summed E-state index contributed by atoms with van der Waals surface area (Å²) in [4.78, 5) is 11.3. The highest BCUT2D eigenvalue weighted by molar-refractivity contribution is 7.84. The molecule has 2 aromatic carbocycles. The number of halogens is 2. The molecule has 1 N–H and O–H groups in total. The largest absolute Gasteiger partial charge is 0.478 e. The van der Waals surface area contributed by atoms with Gasteiger partial charge in [-0.3, -0.25) is 4.21 Å². The zero-order valence-electron chi connectivity index (χ0n) is 10.2. The molecule has 0 aliphatic heterocycles. The van der Waals surface area contributed by atoms with E-state index >= 15 is 0 Å². The molecule has 0 spiro atoms.